The number of nitrogens with zero attached hydrogens (tertiary/aromatic N) is 2. The molecular weight excluding hydrogens is 289 g/mol. The van der Waals surface area contributed by atoms with Crippen molar-refractivity contribution >= 4 is 23.3 Å². The van der Waals surface area contributed by atoms with Gasteiger partial charge in [-0.25, -0.2) is 4.39 Å². The minimum Gasteiger partial charge on any atom is -0.360 e. The number of carbonyl (C=O) groups excluding carboxylic acids is 2. The van der Waals surface area contributed by atoms with Crippen molar-refractivity contribution in [1.82, 2.24) is 5.16 Å². The fraction of sp³-hybridized carbons (Fsp3) is 0.267. The van der Waals surface area contributed by atoms with Crippen molar-refractivity contribution in [2.45, 2.75) is 20.3 Å². The molecule has 0 atom stereocenters. The molecule has 0 aliphatic heterocycles. The van der Waals surface area contributed by atoms with Crippen molar-refractivity contribution in [3.63, 3.8) is 0 Å². The van der Waals surface area contributed by atoms with Gasteiger partial charge < -0.3 is 9.84 Å². The van der Waals surface area contributed by atoms with Gasteiger partial charge in [0.05, 0.1) is 0 Å². The molecule has 7 heteroatoms. The van der Waals surface area contributed by atoms with E-state index in [-0.39, 0.29) is 30.6 Å². The number of halogens is 1. The van der Waals surface area contributed by atoms with Gasteiger partial charge in [-0.1, -0.05) is 5.16 Å². The molecule has 0 aliphatic carbocycles. The van der Waals surface area contributed by atoms with E-state index >= 15 is 0 Å². The van der Waals surface area contributed by atoms with Gasteiger partial charge in [-0.05, 0) is 31.2 Å². The molecule has 1 aromatic heterocycles. The summed E-state index contributed by atoms with van der Waals surface area (Å²) >= 11 is 0. The van der Waals surface area contributed by atoms with E-state index in [9.17, 15) is 14.0 Å². The number of carbonyl (C=O) groups is 2. The van der Waals surface area contributed by atoms with Crippen LogP contribution in [0.15, 0.2) is 34.9 Å². The van der Waals surface area contributed by atoms with Crippen molar-refractivity contribution in [2.24, 2.45) is 0 Å². The quantitative estimate of drug-likeness (QED) is 0.921. The van der Waals surface area contributed by atoms with E-state index in [0.29, 0.717) is 17.3 Å². The van der Waals surface area contributed by atoms with Gasteiger partial charge in [0.25, 0.3) is 0 Å². The van der Waals surface area contributed by atoms with Crippen LogP contribution >= 0.6 is 0 Å². The standard InChI is InChI=1S/C15H16FN3O3/c1-10-9-14(18-22-10)19(11(2)20)8-7-15(21)17-13-5-3-12(16)4-6-13/h3-6,9H,7-8H2,1-2H3,(H,17,21). The topological polar surface area (TPSA) is 75.4 Å². The Morgan fingerprint density at radius 3 is 2.55 bits per heavy atom. The van der Waals surface area contributed by atoms with Gasteiger partial charge in [-0.2, -0.15) is 0 Å². The molecule has 0 saturated heterocycles. The van der Waals surface area contributed by atoms with Crippen LogP contribution in [0, 0.1) is 12.7 Å². The van der Waals surface area contributed by atoms with Gasteiger partial charge in [0.2, 0.25) is 11.8 Å². The number of anilines is 2. The van der Waals surface area contributed by atoms with Crippen LogP contribution in [0.25, 0.3) is 0 Å². The summed E-state index contributed by atoms with van der Waals surface area (Å²) in [6.07, 6.45) is 0.0862. The molecule has 6 nitrogen and oxygen atoms in total. The lowest BCUT2D eigenvalue weighted by Crippen LogP contribution is -2.32. The zero-order valence-corrected chi connectivity index (χ0v) is 12.3. The summed E-state index contributed by atoms with van der Waals surface area (Å²) < 4.78 is 17.7. The van der Waals surface area contributed by atoms with Crippen LogP contribution in [0.5, 0.6) is 0 Å². The molecule has 0 bridgehead atoms. The van der Waals surface area contributed by atoms with Crippen molar-refractivity contribution in [2.75, 3.05) is 16.8 Å². The Morgan fingerprint density at radius 2 is 2.00 bits per heavy atom. The molecule has 22 heavy (non-hydrogen) atoms. The average Bonchev–Trinajstić information content (AvgIpc) is 2.87. The second-order valence-corrected chi connectivity index (χ2v) is 4.77. The lowest BCUT2D eigenvalue weighted by molar-refractivity contribution is -0.117. The van der Waals surface area contributed by atoms with Gasteiger partial charge in [0.15, 0.2) is 5.82 Å². The molecule has 0 unspecified atom stereocenters. The van der Waals surface area contributed by atoms with Crippen LogP contribution in [0.1, 0.15) is 19.1 Å². The predicted molar refractivity (Wildman–Crippen MR) is 78.9 cm³/mol. The van der Waals surface area contributed by atoms with Crippen LogP contribution in [-0.2, 0) is 9.59 Å². The molecule has 1 heterocycles. The Bertz CT molecular complexity index is 667. The van der Waals surface area contributed by atoms with Crippen LogP contribution in [0.3, 0.4) is 0 Å². The summed E-state index contributed by atoms with van der Waals surface area (Å²) in [5, 5.41) is 6.40. The van der Waals surface area contributed by atoms with Gasteiger partial charge in [0.1, 0.15) is 11.6 Å². The highest BCUT2D eigenvalue weighted by Gasteiger charge is 2.16. The Balaban J connectivity index is 1.93. The summed E-state index contributed by atoms with van der Waals surface area (Å²) in [4.78, 5) is 24.9. The normalized spacial score (nSPS) is 10.3. The third-order valence-corrected chi connectivity index (χ3v) is 2.96. The number of aryl methyl sites for hydroxylation is 1. The first-order valence-electron chi connectivity index (χ1n) is 6.72. The first-order chi connectivity index (χ1) is 10.5. The number of aromatic nitrogens is 1. The number of rotatable bonds is 5. The average molecular weight is 305 g/mol. The van der Waals surface area contributed by atoms with Crippen molar-refractivity contribution in [1.29, 1.82) is 0 Å². The van der Waals surface area contributed by atoms with Gasteiger partial charge >= 0.3 is 0 Å². The number of hydrogen-bond acceptors (Lipinski definition) is 4. The van der Waals surface area contributed by atoms with E-state index in [2.05, 4.69) is 10.5 Å². The highest BCUT2D eigenvalue weighted by atomic mass is 19.1. The summed E-state index contributed by atoms with van der Waals surface area (Å²) in [5.41, 5.74) is 0.498. The van der Waals surface area contributed by atoms with Gasteiger partial charge in [-0.15, -0.1) is 0 Å². The fourth-order valence-corrected chi connectivity index (χ4v) is 1.88. The third-order valence-electron chi connectivity index (χ3n) is 2.96. The summed E-state index contributed by atoms with van der Waals surface area (Å²) in [6, 6.07) is 7.08. The van der Waals surface area contributed by atoms with Crippen molar-refractivity contribution in [3.05, 3.63) is 41.9 Å². The SMILES string of the molecule is CC(=O)N(CCC(=O)Nc1ccc(F)cc1)c1cc(C)on1. The summed E-state index contributed by atoms with van der Waals surface area (Å²) in [5.74, 6) is 0.0692. The van der Waals surface area contributed by atoms with Crippen molar-refractivity contribution in [3.8, 4) is 0 Å². The minimum atomic E-state index is -0.373. The second-order valence-electron chi connectivity index (χ2n) is 4.77. The molecule has 0 spiro atoms. The molecule has 0 fully saturated rings. The predicted octanol–water partition coefficient (Wildman–Crippen LogP) is 2.50. The molecule has 2 aromatic rings. The van der Waals surface area contributed by atoms with Crippen LogP contribution in [0.4, 0.5) is 15.9 Å². The lowest BCUT2D eigenvalue weighted by Gasteiger charge is -2.17. The number of nitrogens with one attached hydrogen (secondary N) is 1. The first kappa shape index (κ1) is 15.7. The maximum absolute atomic E-state index is 12.8. The number of benzene rings is 1. The molecule has 0 saturated carbocycles. The molecular formula is C15H16FN3O3. The van der Waals surface area contributed by atoms with E-state index in [1.165, 1.54) is 36.1 Å². The fourth-order valence-electron chi connectivity index (χ4n) is 1.88. The molecule has 116 valence electrons. The zero-order chi connectivity index (χ0) is 16.1. The lowest BCUT2D eigenvalue weighted by atomic mass is 10.3. The van der Waals surface area contributed by atoms with E-state index in [1.54, 1.807) is 13.0 Å². The Hall–Kier alpha value is -2.70. The van der Waals surface area contributed by atoms with Gasteiger partial charge in [-0.3, -0.25) is 14.5 Å². The maximum Gasteiger partial charge on any atom is 0.226 e. The van der Waals surface area contributed by atoms with E-state index in [0.717, 1.165) is 0 Å². The Kier molecular flexibility index (Phi) is 4.88. The summed E-state index contributed by atoms with van der Waals surface area (Å²) in [6.45, 7) is 3.28. The molecule has 0 aliphatic rings. The molecule has 2 amide bonds. The Labute approximate surface area is 126 Å². The van der Waals surface area contributed by atoms with Crippen LogP contribution < -0.4 is 10.2 Å². The third kappa shape index (κ3) is 4.15. The second kappa shape index (κ2) is 6.84. The minimum absolute atomic E-state index is 0.0862. The largest absolute Gasteiger partial charge is 0.360 e. The molecule has 2 rings (SSSR count). The van der Waals surface area contributed by atoms with Gasteiger partial charge in [0, 0.05) is 31.6 Å². The molecule has 0 radical (unpaired) electrons. The van der Waals surface area contributed by atoms with E-state index in [4.69, 9.17) is 4.52 Å². The highest BCUT2D eigenvalue weighted by molar-refractivity contribution is 5.94. The van der Waals surface area contributed by atoms with E-state index < -0.39 is 0 Å². The molecule has 1 aromatic carbocycles. The van der Waals surface area contributed by atoms with E-state index in [1.807, 2.05) is 0 Å². The smallest absolute Gasteiger partial charge is 0.226 e. The maximum atomic E-state index is 12.8. The molecule has 1 N–H and O–H groups in total. The number of hydrogen-bond donors (Lipinski definition) is 1. The monoisotopic (exact) mass is 305 g/mol. The zero-order valence-electron chi connectivity index (χ0n) is 12.3. The van der Waals surface area contributed by atoms with Crippen molar-refractivity contribution < 1.29 is 18.5 Å². The Morgan fingerprint density at radius 1 is 1.32 bits per heavy atom. The summed E-state index contributed by atoms with van der Waals surface area (Å²) in [7, 11) is 0. The number of amides is 2. The van der Waals surface area contributed by atoms with Crippen LogP contribution in [0.2, 0.25) is 0 Å². The first-order valence-corrected chi connectivity index (χ1v) is 6.72. The van der Waals surface area contributed by atoms with Crippen LogP contribution in [-0.4, -0.2) is 23.5 Å². The highest BCUT2D eigenvalue weighted by Crippen LogP contribution is 2.15.